The second-order valence-electron chi connectivity index (χ2n) is 14.4. The van der Waals surface area contributed by atoms with Gasteiger partial charge in [-0.15, -0.1) is 23.2 Å². The van der Waals surface area contributed by atoms with Crippen molar-refractivity contribution in [3.05, 3.63) is 112 Å². The second kappa shape index (κ2) is 13.8. The predicted octanol–water partition coefficient (Wildman–Crippen LogP) is 8.55. The zero-order chi connectivity index (χ0) is 39.8. The molecule has 0 bridgehead atoms. The van der Waals surface area contributed by atoms with Crippen LogP contribution < -0.4 is 19.4 Å². The third-order valence-corrected chi connectivity index (χ3v) is 13.1. The van der Waals surface area contributed by atoms with E-state index in [-0.39, 0.29) is 35.6 Å². The van der Waals surface area contributed by atoms with E-state index in [1.165, 1.54) is 25.3 Å². The summed E-state index contributed by atoms with van der Waals surface area (Å²) in [5.41, 5.74) is 3.15. The summed E-state index contributed by atoms with van der Waals surface area (Å²) in [5, 5.41) is 20.2. The summed E-state index contributed by atoms with van der Waals surface area (Å²) in [6.07, 6.45) is 1.61. The number of halogens is 4. The van der Waals surface area contributed by atoms with Gasteiger partial charge in [0.05, 0.1) is 41.7 Å². The third kappa shape index (κ3) is 5.65. The van der Waals surface area contributed by atoms with E-state index in [4.69, 9.17) is 27.9 Å². The highest BCUT2D eigenvalue weighted by Crippen LogP contribution is 2.67. The summed E-state index contributed by atoms with van der Waals surface area (Å²) in [4.78, 5) is 57.4. The SMILES string of the molecule is COc1cc(Br)cc(C2C3=CCC4C(=O)N(c5ccc(N=Nc6ccc(N(C)C)cc6)cc5)C(=O)C4C3CC3(Cl)C(=O)N(c4ccc(F)cc4)C(=O)C23Cl)c1O. The number of ether oxygens (including phenoxy) is 1. The average Bonchev–Trinajstić information content (AvgIpc) is 3.53. The lowest BCUT2D eigenvalue weighted by molar-refractivity contribution is -0.125. The molecule has 0 aromatic heterocycles. The Morgan fingerprint density at radius 3 is 2.04 bits per heavy atom. The number of azo groups is 1. The van der Waals surface area contributed by atoms with Crippen LogP contribution in [0.1, 0.15) is 24.3 Å². The van der Waals surface area contributed by atoms with Gasteiger partial charge in [0.15, 0.2) is 21.2 Å². The number of fused-ring (bicyclic) bond motifs is 4. The van der Waals surface area contributed by atoms with Crippen LogP contribution in [0.2, 0.25) is 0 Å². The topological polar surface area (TPSA) is 132 Å². The average molecular weight is 862 g/mol. The van der Waals surface area contributed by atoms with Crippen molar-refractivity contribution >= 4 is 91.2 Å². The summed E-state index contributed by atoms with van der Waals surface area (Å²) in [5.74, 6) is -7.47. The zero-order valence-corrected chi connectivity index (χ0v) is 33.2. The lowest BCUT2D eigenvalue weighted by Gasteiger charge is -2.50. The summed E-state index contributed by atoms with van der Waals surface area (Å²) in [6, 6.07) is 21.9. The number of hydrogen-bond acceptors (Lipinski definition) is 9. The minimum Gasteiger partial charge on any atom is -0.504 e. The molecule has 4 aliphatic rings. The van der Waals surface area contributed by atoms with Crippen molar-refractivity contribution in [2.75, 3.05) is 35.9 Å². The molecule has 4 aromatic rings. The lowest BCUT2D eigenvalue weighted by atomic mass is 9.56. The Balaban J connectivity index is 1.17. The van der Waals surface area contributed by atoms with Crippen LogP contribution in [0.4, 0.5) is 32.8 Å². The Kier molecular flexibility index (Phi) is 9.33. The smallest absolute Gasteiger partial charge is 0.258 e. The summed E-state index contributed by atoms with van der Waals surface area (Å²) in [7, 11) is 5.25. The number of anilines is 3. The number of carbonyl (C=O) groups is 4. The van der Waals surface area contributed by atoms with Crippen LogP contribution in [0.15, 0.2) is 111 Å². The summed E-state index contributed by atoms with van der Waals surface area (Å²) >= 11 is 18.4. The quantitative estimate of drug-likeness (QED) is 0.0853. The van der Waals surface area contributed by atoms with E-state index in [0.29, 0.717) is 27.1 Å². The monoisotopic (exact) mass is 859 g/mol. The number of phenols is 1. The van der Waals surface area contributed by atoms with Gasteiger partial charge in [-0.2, -0.15) is 10.2 Å². The Bertz CT molecular complexity index is 2380. The van der Waals surface area contributed by atoms with Gasteiger partial charge in [0.2, 0.25) is 11.8 Å². The largest absolute Gasteiger partial charge is 0.504 e. The van der Waals surface area contributed by atoms with E-state index in [0.717, 1.165) is 27.6 Å². The van der Waals surface area contributed by atoms with Crippen LogP contribution in [0.25, 0.3) is 0 Å². The van der Waals surface area contributed by atoms with Crippen LogP contribution in [0, 0.1) is 23.6 Å². The van der Waals surface area contributed by atoms with Crippen LogP contribution in [0.5, 0.6) is 11.5 Å². The number of methoxy groups -OCH3 is 1. The first kappa shape index (κ1) is 37.8. The molecule has 286 valence electrons. The first-order valence-electron chi connectivity index (χ1n) is 17.6. The molecule has 2 heterocycles. The van der Waals surface area contributed by atoms with E-state index in [1.807, 2.05) is 43.3 Å². The molecule has 6 unspecified atom stereocenters. The van der Waals surface area contributed by atoms with Gasteiger partial charge in [0.1, 0.15) is 5.82 Å². The molecule has 3 fully saturated rings. The predicted molar refractivity (Wildman–Crippen MR) is 213 cm³/mol. The van der Waals surface area contributed by atoms with Crippen molar-refractivity contribution in [3.63, 3.8) is 0 Å². The fourth-order valence-corrected chi connectivity index (χ4v) is 9.95. The van der Waals surface area contributed by atoms with Crippen LogP contribution in [0.3, 0.4) is 0 Å². The van der Waals surface area contributed by atoms with Crippen LogP contribution in [-0.4, -0.2) is 59.7 Å². The van der Waals surface area contributed by atoms with Gasteiger partial charge in [0, 0.05) is 35.7 Å². The highest BCUT2D eigenvalue weighted by Gasteiger charge is 2.77. The highest BCUT2D eigenvalue weighted by molar-refractivity contribution is 9.10. The number of benzene rings is 4. The molecule has 4 aromatic carbocycles. The number of hydrogen-bond donors (Lipinski definition) is 1. The molecular formula is C41H33BrCl2FN5O6. The van der Waals surface area contributed by atoms with Gasteiger partial charge in [-0.3, -0.25) is 24.1 Å². The molecule has 1 N–H and O–H groups in total. The first-order chi connectivity index (χ1) is 26.7. The van der Waals surface area contributed by atoms with Crippen molar-refractivity contribution in [1.82, 2.24) is 0 Å². The van der Waals surface area contributed by atoms with Crippen molar-refractivity contribution in [2.45, 2.75) is 28.5 Å². The fraction of sp³-hybridized carbons (Fsp3) is 0.268. The van der Waals surface area contributed by atoms with Crippen LogP contribution >= 0.6 is 39.1 Å². The molecular weight excluding hydrogens is 828 g/mol. The number of phenolic OH excluding ortho intramolecular Hbond substituents is 1. The molecule has 11 nitrogen and oxygen atoms in total. The number of nitrogens with zero attached hydrogens (tertiary/aromatic N) is 5. The molecule has 4 amide bonds. The summed E-state index contributed by atoms with van der Waals surface area (Å²) < 4.78 is 19.9. The van der Waals surface area contributed by atoms with Gasteiger partial charge in [-0.1, -0.05) is 27.6 Å². The van der Waals surface area contributed by atoms with E-state index in [1.54, 1.807) is 36.4 Å². The number of rotatable bonds is 7. The maximum absolute atomic E-state index is 14.6. The fourth-order valence-electron chi connectivity index (χ4n) is 8.57. The maximum Gasteiger partial charge on any atom is 0.258 e. The Labute approximate surface area is 339 Å². The lowest BCUT2D eigenvalue weighted by Crippen LogP contribution is -2.60. The number of imide groups is 2. The van der Waals surface area contributed by atoms with Gasteiger partial charge in [-0.25, -0.2) is 9.29 Å². The van der Waals surface area contributed by atoms with Crippen molar-refractivity contribution < 1.29 is 33.4 Å². The number of aromatic hydroxyl groups is 1. The zero-order valence-electron chi connectivity index (χ0n) is 30.1. The maximum atomic E-state index is 14.6. The summed E-state index contributed by atoms with van der Waals surface area (Å²) in [6.45, 7) is 0. The van der Waals surface area contributed by atoms with Crippen molar-refractivity contribution in [2.24, 2.45) is 28.0 Å². The molecule has 2 saturated heterocycles. The molecule has 8 rings (SSSR count). The Hall–Kier alpha value is -5.11. The Morgan fingerprint density at radius 1 is 0.839 bits per heavy atom. The molecule has 15 heteroatoms. The molecule has 1 saturated carbocycles. The standard InChI is InChI=1S/C41H33BrCl2FN5O6/c1-48(2)25-12-6-23(7-13-25)46-47-24-8-14-26(15-9-24)49-36(52)29-17-16-28-31(33(29)37(49)53)20-40(43)38(54)50(27-10-4-22(45)5-11-27)39(55)41(40,44)34(28)30-18-21(42)19-32(56-3)35(30)51/h4-16,18-19,29,31,33-34,51H,17,20H2,1-3H3. The van der Waals surface area contributed by atoms with Gasteiger partial charge in [0.25, 0.3) is 11.8 Å². The number of carbonyl (C=O) groups excluding carboxylic acids is 4. The third-order valence-electron chi connectivity index (χ3n) is 11.3. The highest BCUT2D eigenvalue weighted by atomic mass is 79.9. The molecule has 0 spiro atoms. The molecule has 0 radical (unpaired) electrons. The Morgan fingerprint density at radius 2 is 1.43 bits per heavy atom. The molecule has 2 aliphatic carbocycles. The number of alkyl halides is 2. The van der Waals surface area contributed by atoms with Crippen molar-refractivity contribution in [1.29, 1.82) is 0 Å². The van der Waals surface area contributed by atoms with E-state index >= 15 is 0 Å². The molecule has 56 heavy (non-hydrogen) atoms. The number of amides is 4. The normalized spacial score (nSPS) is 27.0. The second-order valence-corrected chi connectivity index (χ2v) is 16.6. The molecule has 2 aliphatic heterocycles. The minimum absolute atomic E-state index is 0.0454. The van der Waals surface area contributed by atoms with Gasteiger partial charge >= 0.3 is 0 Å². The minimum atomic E-state index is -2.23. The number of allylic oxidation sites excluding steroid dienone is 2. The van der Waals surface area contributed by atoms with Crippen LogP contribution in [-0.2, 0) is 19.2 Å². The van der Waals surface area contributed by atoms with E-state index < -0.39 is 62.9 Å². The van der Waals surface area contributed by atoms with E-state index in [9.17, 15) is 28.7 Å². The van der Waals surface area contributed by atoms with E-state index in [2.05, 4.69) is 26.2 Å². The van der Waals surface area contributed by atoms with Gasteiger partial charge in [-0.05, 0) is 104 Å². The first-order valence-corrected chi connectivity index (χ1v) is 19.2. The van der Waals surface area contributed by atoms with Crippen molar-refractivity contribution in [3.8, 4) is 11.5 Å². The molecule has 6 atom stereocenters. The van der Waals surface area contributed by atoms with Gasteiger partial charge < -0.3 is 14.7 Å².